The highest BCUT2D eigenvalue weighted by Gasteiger charge is 2.27. The average Bonchev–Trinajstić information content (AvgIpc) is 3.04. The van der Waals surface area contributed by atoms with Crippen LogP contribution in [0.4, 0.5) is 5.69 Å². The molecule has 0 bridgehead atoms. The van der Waals surface area contributed by atoms with E-state index in [1.165, 1.54) is 6.08 Å². The zero-order chi connectivity index (χ0) is 19.4. The molecule has 1 saturated heterocycles. The number of para-hydroxylation sites is 1. The number of furan rings is 1. The van der Waals surface area contributed by atoms with E-state index in [0.717, 1.165) is 25.3 Å². The first-order valence-corrected chi connectivity index (χ1v) is 9.36. The lowest BCUT2D eigenvalue weighted by atomic mass is 9.91. The van der Waals surface area contributed by atoms with E-state index >= 15 is 0 Å². The molecule has 2 amide bonds. The Hall–Kier alpha value is -2.82. The summed E-state index contributed by atoms with van der Waals surface area (Å²) in [7, 11) is 0. The number of hydrogen-bond acceptors (Lipinski definition) is 3. The van der Waals surface area contributed by atoms with Crippen LogP contribution in [0.3, 0.4) is 0 Å². The van der Waals surface area contributed by atoms with E-state index in [1.54, 1.807) is 24.3 Å². The summed E-state index contributed by atoms with van der Waals surface area (Å²) in [6.45, 7) is 7.70. The van der Waals surface area contributed by atoms with E-state index in [2.05, 4.69) is 19.2 Å². The van der Waals surface area contributed by atoms with Gasteiger partial charge in [0.1, 0.15) is 11.5 Å². The van der Waals surface area contributed by atoms with Crippen molar-refractivity contribution in [3.8, 4) is 0 Å². The number of likely N-dealkylation sites (tertiary alicyclic amines) is 1. The third kappa shape index (κ3) is 4.88. The highest BCUT2D eigenvalue weighted by molar-refractivity contribution is 6.07. The summed E-state index contributed by atoms with van der Waals surface area (Å²) in [5.41, 5.74) is 1.05. The molecule has 1 fully saturated rings. The van der Waals surface area contributed by atoms with Gasteiger partial charge in [-0.1, -0.05) is 26.0 Å². The molecular formula is C22H26N2O3. The van der Waals surface area contributed by atoms with Gasteiger partial charge in [-0.05, 0) is 55.5 Å². The minimum absolute atomic E-state index is 0.0325. The van der Waals surface area contributed by atoms with Gasteiger partial charge in [-0.3, -0.25) is 9.59 Å². The fraction of sp³-hybridized carbons (Fsp3) is 0.364. The van der Waals surface area contributed by atoms with Crippen LogP contribution in [0.5, 0.6) is 0 Å². The summed E-state index contributed by atoms with van der Waals surface area (Å²) >= 11 is 0. The molecule has 0 radical (unpaired) electrons. The molecule has 1 aliphatic rings. The summed E-state index contributed by atoms with van der Waals surface area (Å²) in [6.07, 6.45) is 4.16. The lowest BCUT2D eigenvalue weighted by molar-refractivity contribution is -0.111. The lowest BCUT2D eigenvalue weighted by Crippen LogP contribution is -2.42. The number of anilines is 1. The smallest absolute Gasteiger partial charge is 0.255 e. The van der Waals surface area contributed by atoms with Crippen LogP contribution in [0.1, 0.15) is 42.1 Å². The fourth-order valence-corrected chi connectivity index (χ4v) is 3.65. The molecule has 2 aromatic rings. The summed E-state index contributed by atoms with van der Waals surface area (Å²) < 4.78 is 5.42. The van der Waals surface area contributed by atoms with Gasteiger partial charge in [-0.25, -0.2) is 0 Å². The van der Waals surface area contributed by atoms with Gasteiger partial charge < -0.3 is 14.6 Å². The Bertz CT molecular complexity index is 843. The largest absolute Gasteiger partial charge is 0.462 e. The van der Waals surface area contributed by atoms with Gasteiger partial charge in [0.2, 0.25) is 5.91 Å². The number of hydrogen-bond donors (Lipinski definition) is 1. The number of carbonyl (C=O) groups is 2. The summed E-state index contributed by atoms with van der Waals surface area (Å²) in [5, 5.41) is 2.82. The molecule has 5 nitrogen and oxygen atoms in total. The number of aryl methyl sites for hydroxylation is 1. The van der Waals surface area contributed by atoms with Crippen LogP contribution in [0, 0.1) is 18.8 Å². The highest BCUT2D eigenvalue weighted by atomic mass is 16.3. The molecule has 0 spiro atoms. The van der Waals surface area contributed by atoms with Crippen LogP contribution in [0.25, 0.3) is 6.08 Å². The molecule has 0 saturated carbocycles. The Balaban J connectivity index is 1.72. The van der Waals surface area contributed by atoms with Gasteiger partial charge in [0.15, 0.2) is 0 Å². The predicted molar refractivity (Wildman–Crippen MR) is 106 cm³/mol. The maximum atomic E-state index is 13.0. The molecule has 0 aliphatic carbocycles. The first-order chi connectivity index (χ1) is 12.9. The Labute approximate surface area is 160 Å². The standard InChI is InChI=1S/C22H26N2O3/c1-15-12-16(2)14-24(13-15)22(26)19-6-4-5-7-20(19)23-21(25)11-10-18-9-8-17(3)27-18/h4-11,15-16H,12-14H2,1-3H3,(H,23,25)/b11-10+. The molecule has 27 heavy (non-hydrogen) atoms. The summed E-state index contributed by atoms with van der Waals surface area (Å²) in [4.78, 5) is 27.2. The molecular weight excluding hydrogens is 340 g/mol. The van der Waals surface area contributed by atoms with Gasteiger partial charge in [0.25, 0.3) is 5.91 Å². The number of piperidine rings is 1. The second-order valence-electron chi connectivity index (χ2n) is 7.47. The first-order valence-electron chi connectivity index (χ1n) is 9.36. The number of nitrogens with zero attached hydrogens (tertiary/aromatic N) is 1. The summed E-state index contributed by atoms with van der Waals surface area (Å²) in [5.74, 6) is 2.04. The van der Waals surface area contributed by atoms with Gasteiger partial charge in [0, 0.05) is 19.2 Å². The number of benzene rings is 1. The van der Waals surface area contributed by atoms with Crippen LogP contribution in [-0.2, 0) is 4.79 Å². The fourth-order valence-electron chi connectivity index (χ4n) is 3.65. The molecule has 2 heterocycles. The van der Waals surface area contributed by atoms with Crippen molar-refractivity contribution in [2.45, 2.75) is 27.2 Å². The minimum Gasteiger partial charge on any atom is -0.462 e. The third-order valence-electron chi connectivity index (χ3n) is 4.73. The van der Waals surface area contributed by atoms with Crippen molar-refractivity contribution in [1.29, 1.82) is 0 Å². The van der Waals surface area contributed by atoms with Crippen LogP contribution >= 0.6 is 0 Å². The van der Waals surface area contributed by atoms with E-state index in [1.807, 2.05) is 30.0 Å². The summed E-state index contributed by atoms with van der Waals surface area (Å²) in [6, 6.07) is 10.8. The average molecular weight is 366 g/mol. The molecule has 2 atom stereocenters. The number of carbonyl (C=O) groups excluding carboxylic acids is 2. The molecule has 142 valence electrons. The van der Waals surface area contributed by atoms with Crippen molar-refractivity contribution in [2.24, 2.45) is 11.8 Å². The van der Waals surface area contributed by atoms with Crippen molar-refractivity contribution in [3.63, 3.8) is 0 Å². The Morgan fingerprint density at radius 2 is 1.81 bits per heavy atom. The maximum absolute atomic E-state index is 13.0. The van der Waals surface area contributed by atoms with Crippen molar-refractivity contribution < 1.29 is 14.0 Å². The van der Waals surface area contributed by atoms with E-state index in [9.17, 15) is 9.59 Å². The minimum atomic E-state index is -0.301. The zero-order valence-corrected chi connectivity index (χ0v) is 16.1. The van der Waals surface area contributed by atoms with Crippen molar-refractivity contribution in [1.82, 2.24) is 4.90 Å². The van der Waals surface area contributed by atoms with Gasteiger partial charge in [0.05, 0.1) is 11.3 Å². The molecule has 1 aromatic carbocycles. The molecule has 3 rings (SSSR count). The third-order valence-corrected chi connectivity index (χ3v) is 4.73. The topological polar surface area (TPSA) is 62.6 Å². The molecule has 1 N–H and O–H groups in total. The predicted octanol–water partition coefficient (Wildman–Crippen LogP) is 4.36. The van der Waals surface area contributed by atoms with Crippen molar-refractivity contribution >= 4 is 23.6 Å². The van der Waals surface area contributed by atoms with E-state index in [0.29, 0.717) is 28.8 Å². The molecule has 1 aliphatic heterocycles. The number of nitrogens with one attached hydrogen (secondary N) is 1. The van der Waals surface area contributed by atoms with Gasteiger partial charge >= 0.3 is 0 Å². The quantitative estimate of drug-likeness (QED) is 0.818. The Kier molecular flexibility index (Phi) is 5.79. The van der Waals surface area contributed by atoms with Crippen molar-refractivity contribution in [2.75, 3.05) is 18.4 Å². The zero-order valence-electron chi connectivity index (χ0n) is 16.1. The lowest BCUT2D eigenvalue weighted by Gasteiger charge is -2.35. The van der Waals surface area contributed by atoms with Crippen LogP contribution in [-0.4, -0.2) is 29.8 Å². The van der Waals surface area contributed by atoms with Gasteiger partial charge in [-0.2, -0.15) is 0 Å². The Morgan fingerprint density at radius 1 is 1.11 bits per heavy atom. The van der Waals surface area contributed by atoms with Gasteiger partial charge in [-0.15, -0.1) is 0 Å². The second-order valence-corrected chi connectivity index (χ2v) is 7.47. The Morgan fingerprint density at radius 3 is 2.48 bits per heavy atom. The van der Waals surface area contributed by atoms with Crippen LogP contribution < -0.4 is 5.32 Å². The number of rotatable bonds is 4. The first kappa shape index (κ1) is 19.0. The van der Waals surface area contributed by atoms with E-state index in [-0.39, 0.29) is 11.8 Å². The maximum Gasteiger partial charge on any atom is 0.255 e. The number of amides is 2. The second kappa shape index (κ2) is 8.25. The monoisotopic (exact) mass is 366 g/mol. The van der Waals surface area contributed by atoms with Crippen molar-refractivity contribution in [3.05, 3.63) is 59.6 Å². The van der Waals surface area contributed by atoms with Crippen LogP contribution in [0.2, 0.25) is 0 Å². The normalized spacial score (nSPS) is 20.0. The molecule has 5 heteroatoms. The van der Waals surface area contributed by atoms with E-state index in [4.69, 9.17) is 4.42 Å². The van der Waals surface area contributed by atoms with E-state index < -0.39 is 0 Å². The SMILES string of the molecule is Cc1ccc(/C=C/C(=O)Nc2ccccc2C(=O)N2CC(C)CC(C)C2)o1. The highest BCUT2D eigenvalue weighted by Crippen LogP contribution is 2.25. The van der Waals surface area contributed by atoms with Crippen LogP contribution in [0.15, 0.2) is 46.9 Å². The molecule has 2 unspecified atom stereocenters. The molecule has 1 aromatic heterocycles.